The molecule has 0 unspecified atom stereocenters. The van der Waals surface area contributed by atoms with Crippen molar-refractivity contribution in [1.82, 2.24) is 14.7 Å². The molecule has 1 aliphatic heterocycles. The van der Waals surface area contributed by atoms with Gasteiger partial charge >= 0.3 is 0 Å². The van der Waals surface area contributed by atoms with E-state index in [4.69, 9.17) is 9.47 Å². The summed E-state index contributed by atoms with van der Waals surface area (Å²) < 4.78 is 26.4. The monoisotopic (exact) mass is 424 g/mol. The Morgan fingerprint density at radius 1 is 1.29 bits per heavy atom. The van der Waals surface area contributed by atoms with Crippen LogP contribution < -0.4 is 14.8 Å². The highest BCUT2D eigenvalue weighted by atomic mass is 19.1. The first-order valence-corrected chi connectivity index (χ1v) is 9.59. The second-order valence-electron chi connectivity index (χ2n) is 7.18. The van der Waals surface area contributed by atoms with Crippen LogP contribution in [-0.2, 0) is 24.9 Å². The van der Waals surface area contributed by atoms with Crippen LogP contribution >= 0.6 is 0 Å². The summed E-state index contributed by atoms with van der Waals surface area (Å²) in [6.45, 7) is 0.623. The third kappa shape index (κ3) is 4.50. The van der Waals surface area contributed by atoms with E-state index < -0.39 is 11.7 Å². The molecule has 3 aromatic rings. The van der Waals surface area contributed by atoms with Crippen LogP contribution in [0.15, 0.2) is 48.8 Å². The zero-order valence-corrected chi connectivity index (χ0v) is 17.1. The Balaban J connectivity index is 1.50. The predicted octanol–water partition coefficient (Wildman–Crippen LogP) is 2.74. The number of halogens is 1. The zero-order valence-electron chi connectivity index (χ0n) is 17.1. The average molecular weight is 424 g/mol. The Morgan fingerprint density at radius 3 is 2.84 bits per heavy atom. The predicted molar refractivity (Wildman–Crippen MR) is 110 cm³/mol. The first-order valence-electron chi connectivity index (χ1n) is 9.59. The van der Waals surface area contributed by atoms with E-state index in [2.05, 4.69) is 10.4 Å². The van der Waals surface area contributed by atoms with Crippen LogP contribution in [0.5, 0.6) is 11.5 Å². The minimum Gasteiger partial charge on any atom is -0.497 e. The average Bonchev–Trinajstić information content (AvgIpc) is 3.10. The molecular weight excluding hydrogens is 403 g/mol. The fraction of sp³-hybridized carbons (Fsp3) is 0.227. The number of aromatic nitrogens is 2. The van der Waals surface area contributed by atoms with Crippen LogP contribution in [-0.4, -0.2) is 40.2 Å². The first-order chi connectivity index (χ1) is 14.9. The molecule has 0 fully saturated rings. The normalized spacial score (nSPS) is 13.3. The van der Waals surface area contributed by atoms with Gasteiger partial charge in [0.1, 0.15) is 17.3 Å². The Hall–Kier alpha value is -3.88. The van der Waals surface area contributed by atoms with Gasteiger partial charge in [0.05, 0.1) is 19.0 Å². The fourth-order valence-corrected chi connectivity index (χ4v) is 3.32. The van der Waals surface area contributed by atoms with Gasteiger partial charge in [0.25, 0.3) is 11.8 Å². The Kier molecular flexibility index (Phi) is 5.57. The number of fused-ring (bicyclic) bond motifs is 1. The van der Waals surface area contributed by atoms with E-state index in [1.165, 1.54) is 19.2 Å². The summed E-state index contributed by atoms with van der Waals surface area (Å²) in [5, 5.41) is 6.67. The fourth-order valence-electron chi connectivity index (χ4n) is 3.32. The van der Waals surface area contributed by atoms with Crippen molar-refractivity contribution in [3.63, 3.8) is 0 Å². The molecule has 0 aliphatic carbocycles. The minimum atomic E-state index is -0.602. The molecule has 1 N–H and O–H groups in total. The molecular formula is C22H21FN4O4. The maximum Gasteiger partial charge on any atom is 0.261 e. The van der Waals surface area contributed by atoms with Gasteiger partial charge in [0.15, 0.2) is 6.61 Å². The molecule has 0 saturated heterocycles. The van der Waals surface area contributed by atoms with Crippen LogP contribution in [0.2, 0.25) is 0 Å². The molecule has 1 aromatic heterocycles. The van der Waals surface area contributed by atoms with Crippen molar-refractivity contribution in [2.24, 2.45) is 7.05 Å². The number of ether oxygens (including phenoxy) is 2. The number of aryl methyl sites for hydroxylation is 1. The van der Waals surface area contributed by atoms with Crippen LogP contribution in [0.3, 0.4) is 0 Å². The van der Waals surface area contributed by atoms with Gasteiger partial charge in [0.2, 0.25) is 0 Å². The summed E-state index contributed by atoms with van der Waals surface area (Å²) in [5.74, 6) is -0.445. The number of benzene rings is 2. The second kappa shape index (κ2) is 8.47. The van der Waals surface area contributed by atoms with Crippen molar-refractivity contribution in [3.8, 4) is 11.5 Å². The first kappa shape index (κ1) is 20.4. The molecule has 31 heavy (non-hydrogen) atoms. The van der Waals surface area contributed by atoms with Crippen LogP contribution in [0.4, 0.5) is 10.1 Å². The molecule has 2 aromatic carbocycles. The summed E-state index contributed by atoms with van der Waals surface area (Å²) in [7, 11) is 3.25. The molecule has 0 saturated carbocycles. The lowest BCUT2D eigenvalue weighted by Crippen LogP contribution is -2.31. The highest BCUT2D eigenvalue weighted by Gasteiger charge is 2.23. The summed E-state index contributed by atoms with van der Waals surface area (Å²) in [6, 6.07) is 9.11. The maximum atomic E-state index is 14.1. The smallest absolute Gasteiger partial charge is 0.261 e. The van der Waals surface area contributed by atoms with E-state index in [9.17, 15) is 14.0 Å². The molecule has 2 amide bonds. The SMILES string of the molecule is COc1ccc(NC(=O)c2ccc3c(c2)OCC(=O)N(Cc2cnn(C)c2)C3)c(F)c1. The van der Waals surface area contributed by atoms with E-state index in [0.717, 1.165) is 11.1 Å². The molecule has 1 aliphatic rings. The van der Waals surface area contributed by atoms with Gasteiger partial charge in [-0.05, 0) is 24.3 Å². The Labute approximate surface area is 178 Å². The minimum absolute atomic E-state index is 0.0412. The van der Waals surface area contributed by atoms with Crippen molar-refractivity contribution in [2.75, 3.05) is 19.0 Å². The van der Waals surface area contributed by atoms with Crippen molar-refractivity contribution in [1.29, 1.82) is 0 Å². The van der Waals surface area contributed by atoms with Gasteiger partial charge in [0, 0.05) is 49.1 Å². The number of amides is 2. The number of methoxy groups -OCH3 is 1. The quantitative estimate of drug-likeness (QED) is 0.681. The van der Waals surface area contributed by atoms with Crippen LogP contribution in [0.1, 0.15) is 21.5 Å². The van der Waals surface area contributed by atoms with E-state index in [1.807, 2.05) is 13.2 Å². The third-order valence-electron chi connectivity index (χ3n) is 4.95. The lowest BCUT2D eigenvalue weighted by Gasteiger charge is -2.19. The summed E-state index contributed by atoms with van der Waals surface area (Å²) in [4.78, 5) is 26.8. The number of anilines is 1. The summed E-state index contributed by atoms with van der Waals surface area (Å²) in [5.41, 5.74) is 2.03. The van der Waals surface area contributed by atoms with Gasteiger partial charge in [-0.25, -0.2) is 4.39 Å². The van der Waals surface area contributed by atoms with E-state index in [1.54, 1.807) is 40.0 Å². The number of nitrogens with zero attached hydrogens (tertiary/aromatic N) is 3. The molecule has 0 atom stereocenters. The molecule has 8 nitrogen and oxygen atoms in total. The molecule has 4 rings (SSSR count). The number of carbonyl (C=O) groups is 2. The standard InChI is InChI=1S/C22H21FN4O4/c1-26-10-14(9-24-26)11-27-12-16-4-3-15(7-20(16)31-13-21(27)28)22(29)25-19-6-5-17(30-2)8-18(19)23/h3-10H,11-13H2,1-2H3,(H,25,29). The van der Waals surface area contributed by atoms with Crippen LogP contribution in [0.25, 0.3) is 0 Å². The van der Waals surface area contributed by atoms with Gasteiger partial charge in [-0.3, -0.25) is 14.3 Å². The largest absolute Gasteiger partial charge is 0.497 e. The van der Waals surface area contributed by atoms with Gasteiger partial charge in [-0.1, -0.05) is 6.07 Å². The third-order valence-corrected chi connectivity index (χ3v) is 4.95. The molecule has 0 spiro atoms. The van der Waals surface area contributed by atoms with Gasteiger partial charge in [-0.2, -0.15) is 5.10 Å². The molecule has 0 radical (unpaired) electrons. The highest BCUT2D eigenvalue weighted by molar-refractivity contribution is 6.04. The molecule has 2 heterocycles. The summed E-state index contributed by atoms with van der Waals surface area (Å²) in [6.07, 6.45) is 3.57. The summed E-state index contributed by atoms with van der Waals surface area (Å²) >= 11 is 0. The lowest BCUT2D eigenvalue weighted by atomic mass is 10.1. The van der Waals surface area contributed by atoms with E-state index >= 15 is 0 Å². The topological polar surface area (TPSA) is 85.7 Å². The number of hydrogen-bond donors (Lipinski definition) is 1. The van der Waals surface area contributed by atoms with Crippen molar-refractivity contribution in [3.05, 3.63) is 71.3 Å². The maximum absolute atomic E-state index is 14.1. The van der Waals surface area contributed by atoms with Gasteiger partial charge < -0.3 is 19.7 Å². The molecule has 9 heteroatoms. The van der Waals surface area contributed by atoms with E-state index in [-0.39, 0.29) is 18.2 Å². The molecule has 160 valence electrons. The van der Waals surface area contributed by atoms with Gasteiger partial charge in [-0.15, -0.1) is 0 Å². The van der Waals surface area contributed by atoms with Crippen molar-refractivity contribution < 1.29 is 23.5 Å². The Morgan fingerprint density at radius 2 is 2.13 bits per heavy atom. The Bertz CT molecular complexity index is 1140. The van der Waals surface area contributed by atoms with Crippen molar-refractivity contribution in [2.45, 2.75) is 13.1 Å². The van der Waals surface area contributed by atoms with E-state index in [0.29, 0.717) is 30.2 Å². The zero-order chi connectivity index (χ0) is 22.0. The number of hydrogen-bond acceptors (Lipinski definition) is 5. The highest BCUT2D eigenvalue weighted by Crippen LogP contribution is 2.27. The second-order valence-corrected chi connectivity index (χ2v) is 7.18. The van der Waals surface area contributed by atoms with Crippen molar-refractivity contribution >= 4 is 17.5 Å². The number of rotatable bonds is 5. The number of nitrogens with one attached hydrogen (secondary N) is 1. The lowest BCUT2D eigenvalue weighted by molar-refractivity contribution is -0.133. The number of carbonyl (C=O) groups excluding carboxylic acids is 2. The molecule has 0 bridgehead atoms. The van der Waals surface area contributed by atoms with Crippen LogP contribution in [0, 0.1) is 5.82 Å².